The Hall–Kier alpha value is -0.160. The zero-order valence-corrected chi connectivity index (χ0v) is 13.0. The number of nitrogens with one attached hydrogen (secondary N) is 1. The molecule has 4 nitrogen and oxygen atoms in total. The molecule has 1 N–H and O–H groups in total. The van der Waals surface area contributed by atoms with Crippen molar-refractivity contribution < 1.29 is 4.74 Å². The molecule has 1 aliphatic carbocycles. The lowest BCUT2D eigenvalue weighted by atomic mass is 10.0. The van der Waals surface area contributed by atoms with Crippen molar-refractivity contribution in [2.75, 3.05) is 52.4 Å². The van der Waals surface area contributed by atoms with Crippen molar-refractivity contribution in [1.29, 1.82) is 0 Å². The molecule has 0 bridgehead atoms. The van der Waals surface area contributed by atoms with Gasteiger partial charge in [0.1, 0.15) is 0 Å². The van der Waals surface area contributed by atoms with E-state index < -0.39 is 0 Å². The lowest BCUT2D eigenvalue weighted by Crippen LogP contribution is -2.50. The van der Waals surface area contributed by atoms with Gasteiger partial charge in [-0.3, -0.25) is 4.90 Å². The second kappa shape index (κ2) is 7.21. The minimum atomic E-state index is 0.430. The highest BCUT2D eigenvalue weighted by Crippen LogP contribution is 2.28. The highest BCUT2D eigenvalue weighted by Gasteiger charge is 2.26. The number of likely N-dealkylation sites (N-methyl/N-ethyl adjacent to an activating group) is 1. The zero-order valence-electron chi connectivity index (χ0n) is 13.0. The van der Waals surface area contributed by atoms with E-state index in [1.807, 2.05) is 0 Å². The average Bonchev–Trinajstić information content (AvgIpc) is 3.31. The molecular formula is C16H31N3O. The SMILES string of the molecule is CCN1CCOC(CN2CCC(NCC3CC3)CC2)C1. The van der Waals surface area contributed by atoms with Crippen molar-refractivity contribution in [2.24, 2.45) is 5.92 Å². The Morgan fingerprint density at radius 3 is 2.55 bits per heavy atom. The highest BCUT2D eigenvalue weighted by atomic mass is 16.5. The first kappa shape index (κ1) is 14.8. The van der Waals surface area contributed by atoms with Gasteiger partial charge in [-0.25, -0.2) is 0 Å². The van der Waals surface area contributed by atoms with Crippen LogP contribution in [-0.4, -0.2) is 74.4 Å². The minimum absolute atomic E-state index is 0.430. The predicted octanol–water partition coefficient (Wildman–Crippen LogP) is 1.17. The fourth-order valence-corrected chi connectivity index (χ4v) is 3.44. The Morgan fingerprint density at radius 2 is 1.85 bits per heavy atom. The Morgan fingerprint density at radius 1 is 1.05 bits per heavy atom. The molecule has 0 radical (unpaired) electrons. The van der Waals surface area contributed by atoms with E-state index in [0.29, 0.717) is 6.10 Å². The maximum atomic E-state index is 5.93. The van der Waals surface area contributed by atoms with E-state index in [1.54, 1.807) is 0 Å². The van der Waals surface area contributed by atoms with E-state index in [2.05, 4.69) is 22.0 Å². The third kappa shape index (κ3) is 4.42. The molecule has 116 valence electrons. The van der Waals surface area contributed by atoms with E-state index in [9.17, 15) is 0 Å². The molecule has 0 amide bonds. The summed E-state index contributed by atoms with van der Waals surface area (Å²) in [4.78, 5) is 5.12. The lowest BCUT2D eigenvalue weighted by Gasteiger charge is -2.38. The summed E-state index contributed by atoms with van der Waals surface area (Å²) in [7, 11) is 0. The molecule has 2 heterocycles. The molecule has 0 aromatic carbocycles. The number of hydrogen-bond acceptors (Lipinski definition) is 4. The summed E-state index contributed by atoms with van der Waals surface area (Å²) in [6.45, 7) is 11.4. The maximum Gasteiger partial charge on any atom is 0.0829 e. The number of piperidine rings is 1. The number of nitrogens with zero attached hydrogens (tertiary/aromatic N) is 2. The average molecular weight is 281 g/mol. The fourth-order valence-electron chi connectivity index (χ4n) is 3.44. The van der Waals surface area contributed by atoms with Crippen molar-refractivity contribution in [2.45, 2.75) is 44.8 Å². The Labute approximate surface area is 123 Å². The van der Waals surface area contributed by atoms with Crippen molar-refractivity contribution in [3.8, 4) is 0 Å². The van der Waals surface area contributed by atoms with Crippen LogP contribution in [0.5, 0.6) is 0 Å². The predicted molar refractivity (Wildman–Crippen MR) is 82.0 cm³/mol. The zero-order chi connectivity index (χ0) is 13.8. The van der Waals surface area contributed by atoms with Gasteiger partial charge in [0.05, 0.1) is 12.7 Å². The van der Waals surface area contributed by atoms with Crippen LogP contribution in [0.15, 0.2) is 0 Å². The van der Waals surface area contributed by atoms with E-state index in [-0.39, 0.29) is 0 Å². The van der Waals surface area contributed by atoms with Crippen LogP contribution >= 0.6 is 0 Å². The minimum Gasteiger partial charge on any atom is -0.374 e. The molecule has 3 rings (SSSR count). The van der Waals surface area contributed by atoms with Crippen molar-refractivity contribution in [3.05, 3.63) is 0 Å². The van der Waals surface area contributed by atoms with Crippen molar-refractivity contribution in [1.82, 2.24) is 15.1 Å². The molecule has 2 saturated heterocycles. The van der Waals surface area contributed by atoms with Gasteiger partial charge in [0, 0.05) is 25.7 Å². The van der Waals surface area contributed by atoms with Crippen LogP contribution in [0, 0.1) is 5.92 Å². The van der Waals surface area contributed by atoms with Gasteiger partial charge in [-0.05, 0) is 57.8 Å². The fraction of sp³-hybridized carbons (Fsp3) is 1.00. The standard InChI is InChI=1S/C16H31N3O/c1-2-18-9-10-20-16(12-18)13-19-7-5-15(6-8-19)17-11-14-3-4-14/h14-17H,2-13H2,1H3. The molecule has 4 heteroatoms. The van der Waals surface area contributed by atoms with Gasteiger partial charge in [0.2, 0.25) is 0 Å². The molecule has 2 aliphatic heterocycles. The van der Waals surface area contributed by atoms with Crippen LogP contribution < -0.4 is 5.32 Å². The number of ether oxygens (including phenoxy) is 1. The largest absolute Gasteiger partial charge is 0.374 e. The molecular weight excluding hydrogens is 250 g/mol. The Bertz CT molecular complexity index is 287. The third-order valence-electron chi connectivity index (χ3n) is 5.11. The first-order chi connectivity index (χ1) is 9.83. The summed E-state index contributed by atoms with van der Waals surface area (Å²) in [6, 6.07) is 0.770. The van der Waals surface area contributed by atoms with E-state index in [4.69, 9.17) is 4.74 Å². The van der Waals surface area contributed by atoms with Crippen LogP contribution in [0.4, 0.5) is 0 Å². The first-order valence-electron chi connectivity index (χ1n) is 8.63. The molecule has 20 heavy (non-hydrogen) atoms. The van der Waals surface area contributed by atoms with Gasteiger partial charge >= 0.3 is 0 Å². The van der Waals surface area contributed by atoms with Crippen LogP contribution in [0.25, 0.3) is 0 Å². The maximum absolute atomic E-state index is 5.93. The van der Waals surface area contributed by atoms with Gasteiger partial charge in [0.15, 0.2) is 0 Å². The van der Waals surface area contributed by atoms with Crippen LogP contribution in [0.2, 0.25) is 0 Å². The summed E-state index contributed by atoms with van der Waals surface area (Å²) in [5.41, 5.74) is 0. The third-order valence-corrected chi connectivity index (χ3v) is 5.11. The van der Waals surface area contributed by atoms with Gasteiger partial charge in [-0.1, -0.05) is 6.92 Å². The molecule has 1 atom stereocenters. The quantitative estimate of drug-likeness (QED) is 0.791. The smallest absolute Gasteiger partial charge is 0.0829 e. The second-order valence-corrected chi connectivity index (χ2v) is 6.81. The Kier molecular flexibility index (Phi) is 5.32. The lowest BCUT2D eigenvalue weighted by molar-refractivity contribution is -0.0445. The summed E-state index contributed by atoms with van der Waals surface area (Å²) in [5.74, 6) is 1.00. The molecule has 0 aromatic heterocycles. The van der Waals surface area contributed by atoms with E-state index >= 15 is 0 Å². The molecule has 3 fully saturated rings. The Balaban J connectivity index is 1.33. The van der Waals surface area contributed by atoms with Gasteiger partial charge < -0.3 is 15.0 Å². The summed E-state index contributed by atoms with van der Waals surface area (Å²) < 4.78 is 5.93. The molecule has 3 aliphatic rings. The topological polar surface area (TPSA) is 27.7 Å². The van der Waals surface area contributed by atoms with Gasteiger partial charge in [0.25, 0.3) is 0 Å². The number of likely N-dealkylation sites (tertiary alicyclic amines) is 1. The van der Waals surface area contributed by atoms with Crippen LogP contribution in [-0.2, 0) is 4.74 Å². The molecule has 0 spiro atoms. The molecule has 1 saturated carbocycles. The first-order valence-corrected chi connectivity index (χ1v) is 8.63. The summed E-state index contributed by atoms with van der Waals surface area (Å²) in [6.07, 6.45) is 5.98. The van der Waals surface area contributed by atoms with Crippen LogP contribution in [0.1, 0.15) is 32.6 Å². The summed E-state index contributed by atoms with van der Waals surface area (Å²) >= 11 is 0. The second-order valence-electron chi connectivity index (χ2n) is 6.81. The number of rotatable bonds is 6. The van der Waals surface area contributed by atoms with Crippen molar-refractivity contribution in [3.63, 3.8) is 0 Å². The molecule has 1 unspecified atom stereocenters. The number of hydrogen-bond donors (Lipinski definition) is 1. The molecule has 0 aromatic rings. The monoisotopic (exact) mass is 281 g/mol. The van der Waals surface area contributed by atoms with E-state index in [1.165, 1.54) is 45.3 Å². The summed E-state index contributed by atoms with van der Waals surface area (Å²) in [5, 5.41) is 3.76. The van der Waals surface area contributed by atoms with E-state index in [0.717, 1.165) is 44.7 Å². The van der Waals surface area contributed by atoms with Gasteiger partial charge in [-0.15, -0.1) is 0 Å². The normalized spacial score (nSPS) is 30.8. The highest BCUT2D eigenvalue weighted by molar-refractivity contribution is 4.83. The van der Waals surface area contributed by atoms with Crippen LogP contribution in [0.3, 0.4) is 0 Å². The van der Waals surface area contributed by atoms with Crippen molar-refractivity contribution >= 4 is 0 Å². The number of morpholine rings is 1. The van der Waals surface area contributed by atoms with Gasteiger partial charge in [-0.2, -0.15) is 0 Å².